The molecule has 1 heteroatoms. The summed E-state index contributed by atoms with van der Waals surface area (Å²) in [7, 11) is 0. The van der Waals surface area contributed by atoms with Crippen LogP contribution in [-0.2, 0) is 0 Å². The lowest BCUT2D eigenvalue weighted by molar-refractivity contribution is 0.441. The molecule has 2 atom stereocenters. The van der Waals surface area contributed by atoms with Crippen molar-refractivity contribution >= 4 is 15.9 Å². The first kappa shape index (κ1) is 9.57. The van der Waals surface area contributed by atoms with Crippen molar-refractivity contribution in [3.05, 3.63) is 0 Å². The lowest BCUT2D eigenvalue weighted by atomic mass is 9.97. The van der Waals surface area contributed by atoms with Gasteiger partial charge < -0.3 is 0 Å². The molecule has 0 aliphatic heterocycles. The molecule has 1 aliphatic carbocycles. The predicted molar refractivity (Wildman–Crippen MR) is 54.1 cm³/mol. The summed E-state index contributed by atoms with van der Waals surface area (Å²) >= 11 is 3.75. The van der Waals surface area contributed by atoms with Crippen molar-refractivity contribution < 1.29 is 0 Å². The molecule has 1 rings (SSSR count). The molecule has 0 N–H and O–H groups in total. The molecule has 0 bridgehead atoms. The van der Waals surface area contributed by atoms with Crippen LogP contribution in [0.5, 0.6) is 0 Å². The van der Waals surface area contributed by atoms with E-state index in [-0.39, 0.29) is 0 Å². The van der Waals surface area contributed by atoms with Crippen LogP contribution in [0.4, 0.5) is 0 Å². The minimum Gasteiger partial charge on any atom is -0.0888 e. The quantitative estimate of drug-likeness (QED) is 0.629. The van der Waals surface area contributed by atoms with E-state index in [2.05, 4.69) is 29.8 Å². The molecular formula is C10H19Br. The van der Waals surface area contributed by atoms with Crippen LogP contribution in [0.3, 0.4) is 0 Å². The molecule has 66 valence electrons. The molecule has 0 heterocycles. The fraction of sp³-hybridized carbons (Fsp3) is 1.00. The molecule has 1 saturated carbocycles. The van der Waals surface area contributed by atoms with Gasteiger partial charge in [-0.1, -0.05) is 42.6 Å². The standard InChI is InChI=1S/C10H19Br/c1-8(2)6-7-9-4-3-5-10(9)11/h8-10H,3-7H2,1-2H3. The van der Waals surface area contributed by atoms with Gasteiger partial charge in [-0.2, -0.15) is 0 Å². The first-order valence-electron chi connectivity index (χ1n) is 4.84. The average molecular weight is 219 g/mol. The van der Waals surface area contributed by atoms with Crippen LogP contribution in [0.15, 0.2) is 0 Å². The number of hydrogen-bond donors (Lipinski definition) is 0. The summed E-state index contributed by atoms with van der Waals surface area (Å²) in [4.78, 5) is 0.834. The zero-order valence-corrected chi connectivity index (χ0v) is 9.23. The second kappa shape index (κ2) is 4.49. The fourth-order valence-electron chi connectivity index (χ4n) is 1.86. The molecule has 1 fully saturated rings. The number of hydrogen-bond acceptors (Lipinski definition) is 0. The van der Waals surface area contributed by atoms with Gasteiger partial charge in [-0.3, -0.25) is 0 Å². The summed E-state index contributed by atoms with van der Waals surface area (Å²) in [5, 5.41) is 0. The highest BCUT2D eigenvalue weighted by molar-refractivity contribution is 9.09. The zero-order valence-electron chi connectivity index (χ0n) is 7.65. The maximum Gasteiger partial charge on any atom is 0.0174 e. The third-order valence-electron chi connectivity index (χ3n) is 2.68. The lowest BCUT2D eigenvalue weighted by Gasteiger charge is -2.14. The van der Waals surface area contributed by atoms with Crippen LogP contribution in [0, 0.1) is 11.8 Å². The fourth-order valence-corrected chi connectivity index (χ4v) is 2.72. The Kier molecular flexibility index (Phi) is 3.91. The van der Waals surface area contributed by atoms with Gasteiger partial charge in [0, 0.05) is 4.83 Å². The van der Waals surface area contributed by atoms with Gasteiger partial charge in [-0.05, 0) is 31.1 Å². The summed E-state index contributed by atoms with van der Waals surface area (Å²) in [6.07, 6.45) is 7.16. The van der Waals surface area contributed by atoms with E-state index in [4.69, 9.17) is 0 Å². The van der Waals surface area contributed by atoms with Crippen LogP contribution in [0.2, 0.25) is 0 Å². The zero-order chi connectivity index (χ0) is 8.27. The van der Waals surface area contributed by atoms with E-state index in [1.807, 2.05) is 0 Å². The number of alkyl halides is 1. The van der Waals surface area contributed by atoms with Crippen LogP contribution >= 0.6 is 15.9 Å². The van der Waals surface area contributed by atoms with E-state index in [9.17, 15) is 0 Å². The maximum atomic E-state index is 3.75. The Morgan fingerprint density at radius 1 is 1.36 bits per heavy atom. The van der Waals surface area contributed by atoms with Gasteiger partial charge in [0.2, 0.25) is 0 Å². The van der Waals surface area contributed by atoms with Gasteiger partial charge in [0.05, 0.1) is 0 Å². The summed E-state index contributed by atoms with van der Waals surface area (Å²) in [6, 6.07) is 0. The molecular weight excluding hydrogens is 200 g/mol. The highest BCUT2D eigenvalue weighted by Gasteiger charge is 2.24. The third kappa shape index (κ3) is 3.14. The third-order valence-corrected chi connectivity index (χ3v) is 3.89. The molecule has 0 radical (unpaired) electrons. The van der Waals surface area contributed by atoms with E-state index in [1.165, 1.54) is 32.1 Å². The van der Waals surface area contributed by atoms with Crippen molar-refractivity contribution in [1.29, 1.82) is 0 Å². The summed E-state index contributed by atoms with van der Waals surface area (Å²) in [5.41, 5.74) is 0. The summed E-state index contributed by atoms with van der Waals surface area (Å²) in [5.74, 6) is 1.87. The first-order valence-corrected chi connectivity index (χ1v) is 5.75. The van der Waals surface area contributed by atoms with E-state index in [1.54, 1.807) is 0 Å². The average Bonchev–Trinajstić information content (AvgIpc) is 2.31. The molecule has 0 aromatic heterocycles. The van der Waals surface area contributed by atoms with E-state index >= 15 is 0 Å². The monoisotopic (exact) mass is 218 g/mol. The number of halogens is 1. The van der Waals surface area contributed by atoms with Crippen LogP contribution < -0.4 is 0 Å². The van der Waals surface area contributed by atoms with Crippen molar-refractivity contribution in [2.45, 2.75) is 50.8 Å². The predicted octanol–water partition coefficient (Wildman–Crippen LogP) is 3.99. The van der Waals surface area contributed by atoms with Crippen LogP contribution in [0.1, 0.15) is 46.0 Å². The largest absolute Gasteiger partial charge is 0.0888 e. The molecule has 0 amide bonds. The molecule has 11 heavy (non-hydrogen) atoms. The molecule has 0 spiro atoms. The van der Waals surface area contributed by atoms with Crippen molar-refractivity contribution in [2.24, 2.45) is 11.8 Å². The van der Waals surface area contributed by atoms with Crippen molar-refractivity contribution in [2.75, 3.05) is 0 Å². The molecule has 0 saturated heterocycles. The Bertz CT molecular complexity index is 109. The Morgan fingerprint density at radius 2 is 2.09 bits per heavy atom. The smallest absolute Gasteiger partial charge is 0.0174 e. The van der Waals surface area contributed by atoms with E-state index < -0.39 is 0 Å². The normalized spacial score (nSPS) is 31.6. The molecule has 0 nitrogen and oxygen atoms in total. The first-order chi connectivity index (χ1) is 5.20. The molecule has 2 unspecified atom stereocenters. The van der Waals surface area contributed by atoms with Gasteiger partial charge in [0.1, 0.15) is 0 Å². The molecule has 0 aromatic rings. The highest BCUT2D eigenvalue weighted by atomic mass is 79.9. The Balaban J connectivity index is 2.15. The summed E-state index contributed by atoms with van der Waals surface area (Å²) in [6.45, 7) is 4.64. The summed E-state index contributed by atoms with van der Waals surface area (Å²) < 4.78 is 0. The number of rotatable bonds is 3. The van der Waals surface area contributed by atoms with Gasteiger partial charge >= 0.3 is 0 Å². The Morgan fingerprint density at radius 3 is 2.55 bits per heavy atom. The van der Waals surface area contributed by atoms with Gasteiger partial charge in [-0.25, -0.2) is 0 Å². The second-order valence-electron chi connectivity index (χ2n) is 4.18. The minimum atomic E-state index is 0.834. The van der Waals surface area contributed by atoms with E-state index in [0.717, 1.165) is 16.7 Å². The van der Waals surface area contributed by atoms with Gasteiger partial charge in [0.25, 0.3) is 0 Å². The van der Waals surface area contributed by atoms with Crippen LogP contribution in [-0.4, -0.2) is 4.83 Å². The van der Waals surface area contributed by atoms with Crippen molar-refractivity contribution in [3.63, 3.8) is 0 Å². The van der Waals surface area contributed by atoms with Crippen molar-refractivity contribution in [1.82, 2.24) is 0 Å². The highest BCUT2D eigenvalue weighted by Crippen LogP contribution is 2.35. The van der Waals surface area contributed by atoms with Crippen LogP contribution in [0.25, 0.3) is 0 Å². The topological polar surface area (TPSA) is 0 Å². The minimum absolute atomic E-state index is 0.834. The van der Waals surface area contributed by atoms with Gasteiger partial charge in [0.15, 0.2) is 0 Å². The SMILES string of the molecule is CC(C)CCC1CCCC1Br. The Hall–Kier alpha value is 0.480. The maximum absolute atomic E-state index is 3.75. The molecule has 1 aliphatic rings. The Labute approximate surface area is 78.9 Å². The van der Waals surface area contributed by atoms with Crippen molar-refractivity contribution in [3.8, 4) is 0 Å². The second-order valence-corrected chi connectivity index (χ2v) is 5.35. The van der Waals surface area contributed by atoms with E-state index in [0.29, 0.717) is 0 Å². The lowest BCUT2D eigenvalue weighted by Crippen LogP contribution is -2.07. The van der Waals surface area contributed by atoms with Gasteiger partial charge in [-0.15, -0.1) is 0 Å². The molecule has 0 aromatic carbocycles.